The minimum Gasteiger partial charge on any atom is -0.456 e. The van der Waals surface area contributed by atoms with Crippen LogP contribution in [0.15, 0.2) is 86.0 Å². The molecule has 0 bridgehead atoms. The number of halogens is 5. The number of alkyl halides is 5. The molecule has 2 aromatic carbocycles. The van der Waals surface area contributed by atoms with Crippen LogP contribution in [0.3, 0.4) is 0 Å². The van der Waals surface area contributed by atoms with E-state index < -0.39 is 24.7 Å². The number of ether oxygens (including phenoxy) is 1. The second kappa shape index (κ2) is 13.2. The summed E-state index contributed by atoms with van der Waals surface area (Å²) in [6.07, 6.45) is -3.89. The van der Waals surface area contributed by atoms with Crippen LogP contribution in [0.5, 0.6) is 0 Å². The summed E-state index contributed by atoms with van der Waals surface area (Å²) in [4.78, 5) is 10.5. The molecule has 7 heteroatoms. The van der Waals surface area contributed by atoms with Crippen LogP contribution >= 0.6 is 0 Å². The van der Waals surface area contributed by atoms with E-state index in [0.717, 1.165) is 12.5 Å². The lowest BCUT2D eigenvalue weighted by Crippen LogP contribution is -2.41. The molecule has 0 spiro atoms. The monoisotopic (exact) mass is 440 g/mol. The zero-order valence-corrected chi connectivity index (χ0v) is 17.4. The van der Waals surface area contributed by atoms with Gasteiger partial charge in [0.25, 0.3) is 0 Å². The van der Waals surface area contributed by atoms with Gasteiger partial charge in [0.1, 0.15) is 0 Å². The van der Waals surface area contributed by atoms with Gasteiger partial charge in [0.05, 0.1) is 0 Å². The minimum atomic E-state index is -5.72. The van der Waals surface area contributed by atoms with Crippen LogP contribution in [0.2, 0.25) is 0 Å². The first-order valence-electron chi connectivity index (χ1n) is 8.97. The topological polar surface area (TPSA) is 26.3 Å². The molecule has 0 saturated heterocycles. The van der Waals surface area contributed by atoms with E-state index in [0.29, 0.717) is 0 Å². The lowest BCUT2D eigenvalue weighted by Gasteiger charge is -2.18. The SMILES string of the molecule is C=C(C)C(=O)OCC(F)(F)C(F)(F)F.C=C(C)c1ccccc1.C=Cc1ccccc1. The molecular weight excluding hydrogens is 415 g/mol. The smallest absolute Gasteiger partial charge is 0.456 e. The van der Waals surface area contributed by atoms with Crippen LogP contribution in [-0.2, 0) is 9.53 Å². The Hall–Kier alpha value is -3.22. The van der Waals surface area contributed by atoms with E-state index in [4.69, 9.17) is 0 Å². The zero-order valence-electron chi connectivity index (χ0n) is 17.4. The predicted molar refractivity (Wildman–Crippen MR) is 114 cm³/mol. The summed E-state index contributed by atoms with van der Waals surface area (Å²) in [7, 11) is 0. The fraction of sp³-hybridized carbons (Fsp3) is 0.208. The van der Waals surface area contributed by atoms with Crippen molar-refractivity contribution in [2.45, 2.75) is 25.9 Å². The third-order valence-corrected chi connectivity index (χ3v) is 3.45. The molecule has 0 radical (unpaired) electrons. The summed E-state index contributed by atoms with van der Waals surface area (Å²) < 4.78 is 62.5. The van der Waals surface area contributed by atoms with Gasteiger partial charge >= 0.3 is 18.1 Å². The van der Waals surface area contributed by atoms with Crippen molar-refractivity contribution in [1.82, 2.24) is 0 Å². The van der Waals surface area contributed by atoms with Gasteiger partial charge in [-0.25, -0.2) is 4.79 Å². The number of hydrogen-bond acceptors (Lipinski definition) is 2. The molecule has 0 aliphatic carbocycles. The summed E-state index contributed by atoms with van der Waals surface area (Å²) >= 11 is 0. The van der Waals surface area contributed by atoms with Gasteiger partial charge < -0.3 is 4.74 Å². The Kier molecular flexibility index (Phi) is 11.8. The second-order valence-corrected chi connectivity index (χ2v) is 6.32. The molecule has 0 unspecified atom stereocenters. The maximum absolute atomic E-state index is 12.1. The van der Waals surface area contributed by atoms with Crippen molar-refractivity contribution in [3.8, 4) is 0 Å². The summed E-state index contributed by atoms with van der Waals surface area (Å²) in [5.41, 5.74) is 3.27. The summed E-state index contributed by atoms with van der Waals surface area (Å²) in [5.74, 6) is -6.31. The molecule has 0 aliphatic heterocycles. The maximum Gasteiger partial charge on any atom is 0.456 e. The summed E-state index contributed by atoms with van der Waals surface area (Å²) in [5, 5.41) is 0. The van der Waals surface area contributed by atoms with E-state index in [2.05, 4.69) is 36.6 Å². The fourth-order valence-electron chi connectivity index (χ4n) is 1.67. The molecule has 31 heavy (non-hydrogen) atoms. The standard InChI is InChI=1S/C9H10.C8H8.C7H7F5O2/c1-8(2)9-6-4-3-5-7-9;1-2-8-6-4-3-5-7-8;1-4(2)5(13)14-3-6(8,9)7(10,11)12/h3-7H,1H2,2H3;2-7H,1H2;1,3H2,2H3. The van der Waals surface area contributed by atoms with E-state index >= 15 is 0 Å². The van der Waals surface area contributed by atoms with Crippen LogP contribution < -0.4 is 0 Å². The van der Waals surface area contributed by atoms with Crippen molar-refractivity contribution in [1.29, 1.82) is 0 Å². The van der Waals surface area contributed by atoms with Gasteiger partial charge in [-0.15, -0.1) is 0 Å². The average molecular weight is 440 g/mol. The van der Waals surface area contributed by atoms with Crippen LogP contribution in [0.1, 0.15) is 25.0 Å². The third-order valence-electron chi connectivity index (χ3n) is 3.45. The Balaban J connectivity index is 0.000000456. The highest BCUT2D eigenvalue weighted by atomic mass is 19.4. The molecule has 0 heterocycles. The molecular formula is C24H25F5O2. The van der Waals surface area contributed by atoms with Gasteiger partial charge in [0.15, 0.2) is 6.61 Å². The van der Waals surface area contributed by atoms with E-state index in [1.54, 1.807) is 0 Å². The number of rotatable bonds is 5. The second-order valence-electron chi connectivity index (χ2n) is 6.32. The Labute approximate surface area is 179 Å². The molecule has 0 aromatic heterocycles. The van der Waals surface area contributed by atoms with E-state index in [9.17, 15) is 26.7 Å². The zero-order chi connectivity index (χ0) is 24.1. The average Bonchev–Trinajstić information content (AvgIpc) is 2.73. The molecule has 168 valence electrons. The Morgan fingerprint density at radius 2 is 1.35 bits per heavy atom. The highest BCUT2D eigenvalue weighted by Crippen LogP contribution is 2.35. The van der Waals surface area contributed by atoms with Crippen molar-refractivity contribution < 1.29 is 31.5 Å². The summed E-state index contributed by atoms with van der Waals surface area (Å²) in [6, 6.07) is 20.2. The maximum atomic E-state index is 12.1. The Bertz CT molecular complexity index is 841. The lowest BCUT2D eigenvalue weighted by atomic mass is 10.1. The fourth-order valence-corrected chi connectivity index (χ4v) is 1.67. The van der Waals surface area contributed by atoms with E-state index in [-0.39, 0.29) is 5.57 Å². The van der Waals surface area contributed by atoms with Crippen molar-refractivity contribution in [2.75, 3.05) is 6.61 Å². The molecule has 0 atom stereocenters. The van der Waals surface area contributed by atoms with Gasteiger partial charge in [0.2, 0.25) is 0 Å². The van der Waals surface area contributed by atoms with Gasteiger partial charge in [-0.2, -0.15) is 22.0 Å². The van der Waals surface area contributed by atoms with Crippen molar-refractivity contribution in [3.63, 3.8) is 0 Å². The quantitative estimate of drug-likeness (QED) is 0.276. The third kappa shape index (κ3) is 11.5. The highest BCUT2D eigenvalue weighted by molar-refractivity contribution is 5.86. The number of allylic oxidation sites excluding steroid dienone is 1. The van der Waals surface area contributed by atoms with Gasteiger partial charge in [-0.05, 0) is 25.0 Å². The first-order chi connectivity index (χ1) is 14.3. The molecule has 0 aliphatic rings. The largest absolute Gasteiger partial charge is 0.456 e. The molecule has 0 fully saturated rings. The van der Waals surface area contributed by atoms with Crippen LogP contribution in [-0.4, -0.2) is 24.7 Å². The number of carbonyl (C=O) groups excluding carboxylic acids is 1. The minimum absolute atomic E-state index is 0.247. The van der Waals surface area contributed by atoms with Crippen molar-refractivity contribution in [3.05, 3.63) is 97.1 Å². The normalized spacial score (nSPS) is 10.4. The van der Waals surface area contributed by atoms with Gasteiger partial charge in [0, 0.05) is 5.57 Å². The molecule has 2 rings (SSSR count). The first kappa shape index (κ1) is 27.8. The van der Waals surface area contributed by atoms with Gasteiger partial charge in [-0.1, -0.05) is 92.0 Å². The van der Waals surface area contributed by atoms with E-state index in [1.165, 1.54) is 11.1 Å². The van der Waals surface area contributed by atoms with Gasteiger partial charge in [-0.3, -0.25) is 0 Å². The predicted octanol–water partition coefficient (Wildman–Crippen LogP) is 7.35. The van der Waals surface area contributed by atoms with E-state index in [1.807, 2.05) is 61.5 Å². The lowest BCUT2D eigenvalue weighted by molar-refractivity contribution is -0.293. The molecule has 0 amide bonds. The van der Waals surface area contributed by atoms with Crippen LogP contribution in [0, 0.1) is 0 Å². The van der Waals surface area contributed by atoms with Crippen molar-refractivity contribution in [2.24, 2.45) is 0 Å². The number of benzene rings is 2. The Morgan fingerprint density at radius 3 is 1.65 bits per heavy atom. The molecule has 0 N–H and O–H groups in total. The highest BCUT2D eigenvalue weighted by Gasteiger charge is 2.58. The summed E-state index contributed by atoms with van der Waals surface area (Å²) in [6.45, 7) is 11.6. The molecule has 0 saturated carbocycles. The number of carbonyl (C=O) groups is 1. The molecule has 2 nitrogen and oxygen atoms in total. The molecule has 2 aromatic rings. The van der Waals surface area contributed by atoms with Crippen LogP contribution in [0.4, 0.5) is 22.0 Å². The number of esters is 1. The number of hydrogen-bond donors (Lipinski definition) is 0. The Morgan fingerprint density at radius 1 is 0.903 bits per heavy atom. The van der Waals surface area contributed by atoms with Crippen molar-refractivity contribution >= 4 is 17.6 Å². The first-order valence-corrected chi connectivity index (χ1v) is 8.97. The van der Waals surface area contributed by atoms with Crippen LogP contribution in [0.25, 0.3) is 11.6 Å².